The van der Waals surface area contributed by atoms with Gasteiger partial charge in [0.2, 0.25) is 5.89 Å². The summed E-state index contributed by atoms with van der Waals surface area (Å²) < 4.78 is 5.38. The molecule has 0 bridgehead atoms. The predicted molar refractivity (Wildman–Crippen MR) is 84.6 cm³/mol. The minimum atomic E-state index is 0.225. The number of benzene rings is 1. The molecule has 1 aromatic carbocycles. The van der Waals surface area contributed by atoms with Crippen molar-refractivity contribution in [3.8, 4) is 0 Å². The van der Waals surface area contributed by atoms with Gasteiger partial charge in [-0.2, -0.15) is 4.98 Å². The molecule has 22 heavy (non-hydrogen) atoms. The average molecular weight is 297 g/mol. The van der Waals surface area contributed by atoms with E-state index in [2.05, 4.69) is 52.3 Å². The van der Waals surface area contributed by atoms with Crippen molar-refractivity contribution in [3.05, 3.63) is 47.6 Å². The van der Waals surface area contributed by atoms with E-state index in [9.17, 15) is 0 Å². The van der Waals surface area contributed by atoms with Gasteiger partial charge in [0.1, 0.15) is 0 Å². The van der Waals surface area contributed by atoms with Crippen molar-refractivity contribution < 1.29 is 4.52 Å². The van der Waals surface area contributed by atoms with Crippen LogP contribution in [-0.2, 0) is 12.0 Å². The normalized spacial score (nSPS) is 26.2. The first kappa shape index (κ1) is 13.9. The van der Waals surface area contributed by atoms with Gasteiger partial charge in [-0.25, -0.2) is 0 Å². The molecule has 0 unspecified atom stereocenters. The molecule has 0 radical (unpaired) electrons. The highest BCUT2D eigenvalue weighted by atomic mass is 16.5. The highest BCUT2D eigenvalue weighted by Crippen LogP contribution is 2.39. The Morgan fingerprint density at radius 2 is 2.09 bits per heavy atom. The van der Waals surface area contributed by atoms with Crippen LogP contribution in [0.25, 0.3) is 0 Å². The van der Waals surface area contributed by atoms with Gasteiger partial charge >= 0.3 is 0 Å². The molecule has 2 aromatic rings. The summed E-state index contributed by atoms with van der Waals surface area (Å²) >= 11 is 0. The molecular weight excluding hydrogens is 274 g/mol. The van der Waals surface area contributed by atoms with Crippen LogP contribution in [0.2, 0.25) is 0 Å². The van der Waals surface area contributed by atoms with Crippen molar-refractivity contribution in [1.82, 2.24) is 15.0 Å². The van der Waals surface area contributed by atoms with E-state index in [0.29, 0.717) is 5.92 Å². The third-order valence-corrected chi connectivity index (χ3v) is 5.02. The summed E-state index contributed by atoms with van der Waals surface area (Å²) in [6.07, 6.45) is 4.88. The van der Waals surface area contributed by atoms with Crippen molar-refractivity contribution in [1.29, 1.82) is 0 Å². The Hall–Kier alpha value is -1.68. The number of piperidine rings is 1. The zero-order chi connectivity index (χ0) is 15.0. The number of aromatic nitrogens is 2. The first-order valence-electron chi connectivity index (χ1n) is 8.33. The molecule has 116 valence electrons. The topological polar surface area (TPSA) is 42.2 Å². The van der Waals surface area contributed by atoms with Crippen LogP contribution >= 0.6 is 0 Å². The first-order chi connectivity index (χ1) is 10.7. The van der Waals surface area contributed by atoms with Crippen LogP contribution in [0, 0.1) is 0 Å². The molecule has 4 rings (SSSR count). The Kier molecular flexibility index (Phi) is 3.49. The molecule has 2 aliphatic rings. The lowest BCUT2D eigenvalue weighted by Crippen LogP contribution is -2.44. The summed E-state index contributed by atoms with van der Waals surface area (Å²) in [5, 5.41) is 4.16. The number of nitrogens with zero attached hydrogens (tertiary/aromatic N) is 3. The van der Waals surface area contributed by atoms with E-state index in [1.165, 1.54) is 31.2 Å². The van der Waals surface area contributed by atoms with Gasteiger partial charge in [0, 0.05) is 17.9 Å². The molecule has 4 heteroatoms. The molecule has 1 aliphatic carbocycles. The number of likely N-dealkylation sites (tertiary alicyclic amines) is 1. The molecule has 1 aliphatic heterocycles. The number of hydrogen-bond donors (Lipinski definition) is 0. The van der Waals surface area contributed by atoms with Crippen LogP contribution in [-0.4, -0.2) is 28.1 Å². The minimum Gasteiger partial charge on any atom is -0.339 e. The maximum absolute atomic E-state index is 5.38. The second-order valence-corrected chi connectivity index (χ2v) is 7.06. The summed E-state index contributed by atoms with van der Waals surface area (Å²) in [5.74, 6) is 2.23. The lowest BCUT2D eigenvalue weighted by atomic mass is 9.76. The number of hydrogen-bond acceptors (Lipinski definition) is 4. The fraction of sp³-hybridized carbons (Fsp3) is 0.556. The third kappa shape index (κ3) is 2.80. The van der Waals surface area contributed by atoms with E-state index in [0.717, 1.165) is 31.3 Å². The van der Waals surface area contributed by atoms with E-state index >= 15 is 0 Å². The van der Waals surface area contributed by atoms with E-state index in [1.54, 1.807) is 0 Å². The predicted octanol–water partition coefficient (Wildman–Crippen LogP) is 3.50. The molecule has 0 amide bonds. The second-order valence-electron chi connectivity index (χ2n) is 7.06. The Bertz CT molecular complexity index is 635. The monoisotopic (exact) mass is 297 g/mol. The van der Waals surface area contributed by atoms with Crippen LogP contribution in [0.5, 0.6) is 0 Å². The largest absolute Gasteiger partial charge is 0.339 e. The van der Waals surface area contributed by atoms with E-state index in [1.807, 2.05) is 0 Å². The standard InChI is InChI=1S/C18H23N3O/c1-18(15-6-3-2-4-7-15)10-5-11-21(13-18)12-16-19-17(22-20-16)14-8-9-14/h2-4,6-7,14H,5,8-13H2,1H3/t18-/m1/s1. The van der Waals surface area contributed by atoms with E-state index in [-0.39, 0.29) is 5.41 Å². The van der Waals surface area contributed by atoms with Gasteiger partial charge in [-0.1, -0.05) is 42.4 Å². The Morgan fingerprint density at radius 1 is 1.27 bits per heavy atom. The molecule has 0 N–H and O–H groups in total. The third-order valence-electron chi connectivity index (χ3n) is 5.02. The Morgan fingerprint density at radius 3 is 2.86 bits per heavy atom. The van der Waals surface area contributed by atoms with Gasteiger partial charge in [0.25, 0.3) is 0 Å². The minimum absolute atomic E-state index is 0.225. The second kappa shape index (κ2) is 5.51. The molecule has 1 saturated carbocycles. The van der Waals surface area contributed by atoms with Crippen molar-refractivity contribution in [2.45, 2.75) is 50.5 Å². The van der Waals surface area contributed by atoms with Gasteiger partial charge in [-0.15, -0.1) is 0 Å². The first-order valence-corrected chi connectivity index (χ1v) is 8.33. The van der Waals surface area contributed by atoms with Gasteiger partial charge in [-0.05, 0) is 37.8 Å². The van der Waals surface area contributed by atoms with Gasteiger partial charge in [0.05, 0.1) is 6.54 Å². The Balaban J connectivity index is 1.46. The summed E-state index contributed by atoms with van der Waals surface area (Å²) in [6.45, 7) is 5.36. The van der Waals surface area contributed by atoms with Crippen LogP contribution in [0.3, 0.4) is 0 Å². The summed E-state index contributed by atoms with van der Waals surface area (Å²) in [7, 11) is 0. The molecule has 1 aromatic heterocycles. The lowest BCUT2D eigenvalue weighted by molar-refractivity contribution is 0.145. The lowest BCUT2D eigenvalue weighted by Gasteiger charge is -2.40. The highest BCUT2D eigenvalue weighted by molar-refractivity contribution is 5.25. The summed E-state index contributed by atoms with van der Waals surface area (Å²) in [6, 6.07) is 10.9. The van der Waals surface area contributed by atoms with Crippen molar-refractivity contribution in [3.63, 3.8) is 0 Å². The fourth-order valence-corrected chi connectivity index (χ4v) is 3.58. The summed E-state index contributed by atoms with van der Waals surface area (Å²) in [4.78, 5) is 7.04. The fourth-order valence-electron chi connectivity index (χ4n) is 3.58. The zero-order valence-electron chi connectivity index (χ0n) is 13.2. The maximum Gasteiger partial charge on any atom is 0.229 e. The van der Waals surface area contributed by atoms with Crippen LogP contribution in [0.4, 0.5) is 0 Å². The molecule has 1 atom stereocenters. The molecule has 2 heterocycles. The molecule has 2 fully saturated rings. The van der Waals surface area contributed by atoms with Crippen molar-refractivity contribution in [2.75, 3.05) is 13.1 Å². The van der Waals surface area contributed by atoms with Crippen LogP contribution < -0.4 is 0 Å². The van der Waals surface area contributed by atoms with E-state index < -0.39 is 0 Å². The smallest absolute Gasteiger partial charge is 0.229 e. The van der Waals surface area contributed by atoms with Gasteiger partial charge in [-0.3, -0.25) is 4.90 Å². The molecule has 0 spiro atoms. The highest BCUT2D eigenvalue weighted by Gasteiger charge is 2.34. The quantitative estimate of drug-likeness (QED) is 0.866. The molecule has 1 saturated heterocycles. The molecular formula is C18H23N3O. The van der Waals surface area contributed by atoms with Crippen molar-refractivity contribution >= 4 is 0 Å². The summed E-state index contributed by atoms with van der Waals surface area (Å²) in [5.41, 5.74) is 1.66. The molecule has 4 nitrogen and oxygen atoms in total. The Labute approximate surface area is 131 Å². The zero-order valence-corrected chi connectivity index (χ0v) is 13.2. The number of rotatable bonds is 4. The van der Waals surface area contributed by atoms with E-state index in [4.69, 9.17) is 4.52 Å². The van der Waals surface area contributed by atoms with Gasteiger partial charge < -0.3 is 4.52 Å². The average Bonchev–Trinajstić information content (AvgIpc) is 3.29. The SMILES string of the molecule is C[C@@]1(c2ccccc2)CCCN(Cc2noc(C3CC3)n2)C1. The maximum atomic E-state index is 5.38. The van der Waals surface area contributed by atoms with Crippen molar-refractivity contribution in [2.24, 2.45) is 0 Å². The van der Waals surface area contributed by atoms with Gasteiger partial charge in [0.15, 0.2) is 5.82 Å². The van der Waals surface area contributed by atoms with Crippen LogP contribution in [0.15, 0.2) is 34.9 Å². The van der Waals surface area contributed by atoms with Crippen LogP contribution in [0.1, 0.15) is 55.8 Å².